The van der Waals surface area contributed by atoms with Gasteiger partial charge in [-0.2, -0.15) is 0 Å². The molecular formula is C16H24O4. The number of benzene rings is 1. The summed E-state index contributed by atoms with van der Waals surface area (Å²) in [6.45, 7) is 8.93. The summed E-state index contributed by atoms with van der Waals surface area (Å²) in [5, 5.41) is 9.96. The SMILES string of the molecule is C=C(OCC)[C@@H](O)[C@@H](C)COCc1ccc(OC)cc1. The lowest BCUT2D eigenvalue weighted by molar-refractivity contribution is 0.0168. The van der Waals surface area contributed by atoms with Gasteiger partial charge >= 0.3 is 0 Å². The van der Waals surface area contributed by atoms with Gasteiger partial charge in [-0.15, -0.1) is 0 Å². The van der Waals surface area contributed by atoms with Crippen molar-refractivity contribution in [1.29, 1.82) is 0 Å². The number of hydrogen-bond acceptors (Lipinski definition) is 4. The number of ether oxygens (including phenoxy) is 3. The lowest BCUT2D eigenvalue weighted by Gasteiger charge is -2.20. The monoisotopic (exact) mass is 280 g/mol. The molecule has 1 N–H and O–H groups in total. The standard InChI is InChI=1S/C16H24O4/c1-5-20-13(3)16(17)12(2)10-19-11-14-6-8-15(18-4)9-7-14/h6-9,12,16-17H,3,5,10-11H2,1-2,4H3/t12-,16-/m0/s1. The third-order valence-electron chi connectivity index (χ3n) is 3.01. The number of hydrogen-bond donors (Lipinski definition) is 1. The largest absolute Gasteiger partial charge is 0.497 e. The Bertz CT molecular complexity index is 399. The van der Waals surface area contributed by atoms with E-state index in [0.717, 1.165) is 11.3 Å². The van der Waals surface area contributed by atoms with Crippen LogP contribution in [0.25, 0.3) is 0 Å². The predicted octanol–water partition coefficient (Wildman–Crippen LogP) is 2.76. The second-order valence-electron chi connectivity index (χ2n) is 4.68. The normalized spacial score (nSPS) is 13.6. The van der Waals surface area contributed by atoms with Crippen molar-refractivity contribution in [2.45, 2.75) is 26.6 Å². The predicted molar refractivity (Wildman–Crippen MR) is 78.6 cm³/mol. The van der Waals surface area contributed by atoms with E-state index in [-0.39, 0.29) is 5.92 Å². The molecule has 0 bridgehead atoms. The molecule has 0 unspecified atom stereocenters. The zero-order chi connectivity index (χ0) is 15.0. The molecule has 0 radical (unpaired) electrons. The van der Waals surface area contributed by atoms with E-state index in [1.54, 1.807) is 7.11 Å². The van der Waals surface area contributed by atoms with Crippen molar-refractivity contribution in [3.63, 3.8) is 0 Å². The van der Waals surface area contributed by atoms with E-state index in [1.807, 2.05) is 38.1 Å². The maximum absolute atomic E-state index is 9.96. The average Bonchev–Trinajstić information content (AvgIpc) is 2.47. The third-order valence-corrected chi connectivity index (χ3v) is 3.01. The van der Waals surface area contributed by atoms with Crippen LogP contribution < -0.4 is 4.74 Å². The Morgan fingerprint density at radius 2 is 1.95 bits per heavy atom. The van der Waals surface area contributed by atoms with Crippen molar-refractivity contribution >= 4 is 0 Å². The molecule has 0 spiro atoms. The van der Waals surface area contributed by atoms with Crippen molar-refractivity contribution in [2.24, 2.45) is 5.92 Å². The third kappa shape index (κ3) is 5.23. The van der Waals surface area contributed by atoms with Crippen LogP contribution in [-0.2, 0) is 16.1 Å². The Morgan fingerprint density at radius 1 is 1.30 bits per heavy atom. The van der Waals surface area contributed by atoms with Crippen LogP contribution in [0.5, 0.6) is 5.75 Å². The highest BCUT2D eigenvalue weighted by molar-refractivity contribution is 5.26. The number of rotatable bonds is 9. The fraction of sp³-hybridized carbons (Fsp3) is 0.500. The van der Waals surface area contributed by atoms with Crippen LogP contribution in [0.2, 0.25) is 0 Å². The Balaban J connectivity index is 2.33. The molecular weight excluding hydrogens is 256 g/mol. The van der Waals surface area contributed by atoms with Crippen LogP contribution in [0.3, 0.4) is 0 Å². The van der Waals surface area contributed by atoms with Crippen molar-refractivity contribution in [2.75, 3.05) is 20.3 Å². The molecule has 0 fully saturated rings. The van der Waals surface area contributed by atoms with Crippen molar-refractivity contribution in [1.82, 2.24) is 0 Å². The molecule has 112 valence electrons. The molecule has 0 aliphatic heterocycles. The van der Waals surface area contributed by atoms with Crippen molar-refractivity contribution in [3.05, 3.63) is 42.2 Å². The molecule has 0 aliphatic rings. The van der Waals surface area contributed by atoms with E-state index in [0.29, 0.717) is 25.6 Å². The van der Waals surface area contributed by atoms with Gasteiger partial charge in [-0.1, -0.05) is 25.6 Å². The van der Waals surface area contributed by atoms with Gasteiger partial charge in [-0.05, 0) is 24.6 Å². The first-order valence-corrected chi connectivity index (χ1v) is 6.78. The molecule has 0 heterocycles. The minimum absolute atomic E-state index is 0.0627. The molecule has 0 saturated carbocycles. The van der Waals surface area contributed by atoms with Crippen molar-refractivity contribution in [3.8, 4) is 5.75 Å². The van der Waals surface area contributed by atoms with Crippen LogP contribution >= 0.6 is 0 Å². The molecule has 4 nitrogen and oxygen atoms in total. The first-order valence-electron chi connectivity index (χ1n) is 6.78. The lowest BCUT2D eigenvalue weighted by Crippen LogP contribution is -2.25. The first kappa shape index (κ1) is 16.5. The summed E-state index contributed by atoms with van der Waals surface area (Å²) < 4.78 is 15.9. The second kappa shape index (κ2) is 8.61. The van der Waals surface area contributed by atoms with Gasteiger partial charge in [0.25, 0.3) is 0 Å². The minimum atomic E-state index is -0.703. The Kier molecular flexibility index (Phi) is 7.12. The van der Waals surface area contributed by atoms with Crippen LogP contribution in [0.15, 0.2) is 36.6 Å². The summed E-state index contributed by atoms with van der Waals surface area (Å²) in [4.78, 5) is 0. The molecule has 0 aliphatic carbocycles. The van der Waals surface area contributed by atoms with E-state index in [9.17, 15) is 5.11 Å². The molecule has 1 aromatic rings. The van der Waals surface area contributed by atoms with Gasteiger partial charge in [0, 0.05) is 5.92 Å². The van der Waals surface area contributed by atoms with Gasteiger partial charge in [-0.3, -0.25) is 0 Å². The lowest BCUT2D eigenvalue weighted by atomic mass is 10.1. The summed E-state index contributed by atoms with van der Waals surface area (Å²) in [6, 6.07) is 7.71. The molecule has 2 atom stereocenters. The molecule has 0 amide bonds. The van der Waals surface area contributed by atoms with Crippen LogP contribution in [0.4, 0.5) is 0 Å². The highest BCUT2D eigenvalue weighted by Gasteiger charge is 2.18. The highest BCUT2D eigenvalue weighted by atomic mass is 16.5. The van der Waals surface area contributed by atoms with Gasteiger partial charge in [0.05, 0.1) is 26.9 Å². The number of aliphatic hydroxyl groups excluding tert-OH is 1. The fourth-order valence-electron chi connectivity index (χ4n) is 1.76. The van der Waals surface area contributed by atoms with Gasteiger partial charge in [0.1, 0.15) is 17.6 Å². The van der Waals surface area contributed by atoms with E-state index in [1.165, 1.54) is 0 Å². The molecule has 1 rings (SSSR count). The molecule has 1 aromatic carbocycles. The van der Waals surface area contributed by atoms with Gasteiger partial charge in [0.2, 0.25) is 0 Å². The zero-order valence-corrected chi connectivity index (χ0v) is 12.5. The van der Waals surface area contributed by atoms with E-state index >= 15 is 0 Å². The van der Waals surface area contributed by atoms with Gasteiger partial charge in [0.15, 0.2) is 0 Å². The highest BCUT2D eigenvalue weighted by Crippen LogP contribution is 2.15. The summed E-state index contributed by atoms with van der Waals surface area (Å²) in [7, 11) is 1.64. The fourth-order valence-corrected chi connectivity index (χ4v) is 1.76. The number of methoxy groups -OCH3 is 1. The number of aliphatic hydroxyl groups is 1. The maximum Gasteiger partial charge on any atom is 0.118 e. The molecule has 0 saturated heterocycles. The van der Waals surface area contributed by atoms with E-state index in [2.05, 4.69) is 6.58 Å². The molecule has 4 heteroatoms. The summed E-state index contributed by atoms with van der Waals surface area (Å²) in [5.74, 6) is 1.16. The molecule has 20 heavy (non-hydrogen) atoms. The van der Waals surface area contributed by atoms with Crippen LogP contribution in [0, 0.1) is 5.92 Å². The van der Waals surface area contributed by atoms with Crippen molar-refractivity contribution < 1.29 is 19.3 Å². The Hall–Kier alpha value is -1.52. The zero-order valence-electron chi connectivity index (χ0n) is 12.5. The Morgan fingerprint density at radius 3 is 2.50 bits per heavy atom. The Labute approximate surface area is 121 Å². The topological polar surface area (TPSA) is 47.9 Å². The summed E-state index contributed by atoms with van der Waals surface area (Å²) in [5.41, 5.74) is 1.07. The smallest absolute Gasteiger partial charge is 0.118 e. The maximum atomic E-state index is 9.96. The van der Waals surface area contributed by atoms with Gasteiger partial charge < -0.3 is 19.3 Å². The summed E-state index contributed by atoms with van der Waals surface area (Å²) >= 11 is 0. The van der Waals surface area contributed by atoms with Crippen LogP contribution in [0.1, 0.15) is 19.4 Å². The quantitative estimate of drug-likeness (QED) is 0.707. The summed E-state index contributed by atoms with van der Waals surface area (Å²) in [6.07, 6.45) is -0.703. The van der Waals surface area contributed by atoms with Crippen LogP contribution in [-0.4, -0.2) is 31.5 Å². The van der Waals surface area contributed by atoms with E-state index in [4.69, 9.17) is 14.2 Å². The second-order valence-corrected chi connectivity index (χ2v) is 4.68. The van der Waals surface area contributed by atoms with E-state index < -0.39 is 6.10 Å². The average molecular weight is 280 g/mol. The first-order chi connectivity index (χ1) is 9.58. The molecule has 0 aromatic heterocycles. The minimum Gasteiger partial charge on any atom is -0.497 e. The van der Waals surface area contributed by atoms with Gasteiger partial charge in [-0.25, -0.2) is 0 Å².